The van der Waals surface area contributed by atoms with E-state index in [1.54, 1.807) is 12.1 Å². The molecule has 5 aromatic rings. The number of aryl methyl sites for hydroxylation is 1. The summed E-state index contributed by atoms with van der Waals surface area (Å²) in [6, 6.07) is 13.6. The van der Waals surface area contributed by atoms with Crippen molar-refractivity contribution < 1.29 is 4.39 Å². The van der Waals surface area contributed by atoms with Crippen LogP contribution in [-0.2, 0) is 13.0 Å². The molecule has 1 aliphatic rings. The molecule has 1 saturated heterocycles. The van der Waals surface area contributed by atoms with E-state index in [1.807, 2.05) is 24.5 Å². The maximum atomic E-state index is 14.2. The van der Waals surface area contributed by atoms with Gasteiger partial charge in [0.25, 0.3) is 0 Å². The van der Waals surface area contributed by atoms with Crippen LogP contribution in [0.5, 0.6) is 0 Å². The fraction of sp³-hybridized carbons (Fsp3) is 0.333. The van der Waals surface area contributed by atoms with Crippen molar-refractivity contribution in [2.45, 2.75) is 52.5 Å². The number of H-pyrrole nitrogens is 1. The van der Waals surface area contributed by atoms with Crippen LogP contribution in [0.4, 0.5) is 10.2 Å². The van der Waals surface area contributed by atoms with E-state index in [0.29, 0.717) is 17.7 Å². The van der Waals surface area contributed by atoms with Crippen LogP contribution >= 0.6 is 0 Å². The zero-order valence-corrected chi connectivity index (χ0v) is 22.8. The third kappa shape index (κ3) is 4.84. The van der Waals surface area contributed by atoms with Gasteiger partial charge in [-0.1, -0.05) is 26.5 Å². The fourth-order valence-electron chi connectivity index (χ4n) is 6.27. The van der Waals surface area contributed by atoms with E-state index in [2.05, 4.69) is 69.4 Å². The van der Waals surface area contributed by atoms with Gasteiger partial charge in [-0.25, -0.2) is 4.39 Å². The molecule has 1 fully saturated rings. The first-order valence-corrected chi connectivity index (χ1v) is 13.9. The number of hydrogen-bond acceptors (Lipinski definition) is 2. The van der Waals surface area contributed by atoms with Gasteiger partial charge >= 0.3 is 0 Å². The number of nitrogens with zero attached hydrogens (tertiary/aromatic N) is 4. The van der Waals surface area contributed by atoms with Crippen LogP contribution in [0, 0.1) is 25.2 Å². The molecular formula is C33H34FN5. The van der Waals surface area contributed by atoms with Crippen molar-refractivity contribution in [2.75, 3.05) is 13.1 Å². The molecule has 0 radical (unpaired) electrons. The van der Waals surface area contributed by atoms with Crippen LogP contribution in [-0.4, -0.2) is 32.5 Å². The predicted molar refractivity (Wildman–Crippen MR) is 156 cm³/mol. The van der Waals surface area contributed by atoms with E-state index in [0.717, 1.165) is 66.6 Å². The molecule has 0 atom stereocenters. The highest BCUT2D eigenvalue weighted by Gasteiger charge is 2.25. The van der Waals surface area contributed by atoms with E-state index in [1.165, 1.54) is 22.1 Å². The molecule has 6 heteroatoms. The number of aromatic nitrogens is 3. The van der Waals surface area contributed by atoms with Gasteiger partial charge in [0, 0.05) is 35.4 Å². The first kappa shape index (κ1) is 25.3. The second-order valence-corrected chi connectivity index (χ2v) is 11.3. The largest absolute Gasteiger partial charge is 0.364 e. The standard InChI is InChI=1S/C33H34FN5/c1-21(2)15-25-16-26(34)6-8-31(25)39-20-29(27-9-12-36-18-32(27)39)23-10-13-38(14-11-23)19-24-5-7-30-28(22(24)3)17-33(35-4)37-30/h5-9,12,16-18,20-21,23,37H,10-11,13-15,19H2,1-3H3. The summed E-state index contributed by atoms with van der Waals surface area (Å²) in [6.07, 6.45) is 9.12. The normalized spacial score (nSPS) is 15.0. The molecular weight excluding hydrogens is 485 g/mol. The Morgan fingerprint density at radius 1 is 1.08 bits per heavy atom. The summed E-state index contributed by atoms with van der Waals surface area (Å²) in [5.41, 5.74) is 8.14. The first-order chi connectivity index (χ1) is 18.9. The number of halogens is 1. The van der Waals surface area contributed by atoms with Crippen molar-refractivity contribution in [1.29, 1.82) is 0 Å². The smallest absolute Gasteiger partial charge is 0.229 e. The van der Waals surface area contributed by atoms with Crippen LogP contribution < -0.4 is 0 Å². The summed E-state index contributed by atoms with van der Waals surface area (Å²) >= 11 is 0. The Balaban J connectivity index is 1.25. The lowest BCUT2D eigenvalue weighted by Gasteiger charge is -2.32. The molecule has 1 aliphatic heterocycles. The summed E-state index contributed by atoms with van der Waals surface area (Å²) in [5.74, 6) is 1.31. The fourth-order valence-corrected chi connectivity index (χ4v) is 6.27. The number of piperidine rings is 1. The third-order valence-electron chi connectivity index (χ3n) is 8.28. The van der Waals surface area contributed by atoms with Gasteiger partial charge in [0.15, 0.2) is 0 Å². The van der Waals surface area contributed by atoms with E-state index in [-0.39, 0.29) is 5.82 Å². The van der Waals surface area contributed by atoms with Crippen LogP contribution in [0.15, 0.2) is 61.1 Å². The van der Waals surface area contributed by atoms with Crippen molar-refractivity contribution in [3.8, 4) is 5.69 Å². The molecule has 0 unspecified atom stereocenters. The van der Waals surface area contributed by atoms with Gasteiger partial charge in [-0.05, 0) is 110 Å². The minimum Gasteiger partial charge on any atom is -0.364 e. The Bertz CT molecular complexity index is 1690. The van der Waals surface area contributed by atoms with Crippen molar-refractivity contribution in [3.63, 3.8) is 0 Å². The number of pyridine rings is 1. The van der Waals surface area contributed by atoms with Gasteiger partial charge in [0.2, 0.25) is 5.82 Å². The molecule has 0 saturated carbocycles. The zero-order valence-electron chi connectivity index (χ0n) is 22.8. The molecule has 3 aromatic heterocycles. The minimum atomic E-state index is -0.186. The highest BCUT2D eigenvalue weighted by Crippen LogP contribution is 2.37. The number of aromatic amines is 1. The Labute approximate surface area is 229 Å². The zero-order chi connectivity index (χ0) is 27.1. The Kier molecular flexibility index (Phi) is 6.70. The Morgan fingerprint density at radius 3 is 2.67 bits per heavy atom. The van der Waals surface area contributed by atoms with Crippen molar-refractivity contribution in [1.82, 2.24) is 19.4 Å². The number of fused-ring (bicyclic) bond motifs is 2. The molecule has 198 valence electrons. The summed E-state index contributed by atoms with van der Waals surface area (Å²) in [6.45, 7) is 16.8. The third-order valence-corrected chi connectivity index (χ3v) is 8.28. The first-order valence-electron chi connectivity index (χ1n) is 13.9. The number of benzene rings is 2. The molecule has 0 bridgehead atoms. The second-order valence-electron chi connectivity index (χ2n) is 11.3. The lowest BCUT2D eigenvalue weighted by Crippen LogP contribution is -2.32. The Morgan fingerprint density at radius 2 is 1.90 bits per heavy atom. The summed E-state index contributed by atoms with van der Waals surface area (Å²) in [7, 11) is 0. The van der Waals surface area contributed by atoms with Crippen LogP contribution in [0.1, 0.15) is 54.9 Å². The maximum Gasteiger partial charge on any atom is 0.229 e. The molecule has 0 spiro atoms. The average molecular weight is 520 g/mol. The van der Waals surface area contributed by atoms with Crippen molar-refractivity contribution in [3.05, 3.63) is 101 Å². The predicted octanol–water partition coefficient (Wildman–Crippen LogP) is 8.08. The van der Waals surface area contributed by atoms with Gasteiger partial charge in [0.1, 0.15) is 11.3 Å². The highest BCUT2D eigenvalue weighted by molar-refractivity contribution is 5.88. The molecule has 0 aliphatic carbocycles. The summed E-state index contributed by atoms with van der Waals surface area (Å²) < 4.78 is 16.4. The van der Waals surface area contributed by atoms with E-state index in [9.17, 15) is 4.39 Å². The second kappa shape index (κ2) is 10.3. The minimum absolute atomic E-state index is 0.186. The van der Waals surface area contributed by atoms with Crippen LogP contribution in [0.2, 0.25) is 0 Å². The summed E-state index contributed by atoms with van der Waals surface area (Å²) in [5, 5.41) is 2.39. The maximum absolute atomic E-state index is 14.2. The lowest BCUT2D eigenvalue weighted by molar-refractivity contribution is 0.205. The average Bonchev–Trinajstić information content (AvgIpc) is 3.53. The van der Waals surface area contributed by atoms with Gasteiger partial charge in [0.05, 0.1) is 11.7 Å². The number of nitrogens with one attached hydrogen (secondary N) is 1. The number of rotatable bonds is 6. The quantitative estimate of drug-likeness (QED) is 0.230. The van der Waals surface area contributed by atoms with E-state index >= 15 is 0 Å². The highest BCUT2D eigenvalue weighted by atomic mass is 19.1. The van der Waals surface area contributed by atoms with Gasteiger partial charge in [-0.2, -0.15) is 0 Å². The van der Waals surface area contributed by atoms with Gasteiger partial charge in [-0.3, -0.25) is 9.88 Å². The van der Waals surface area contributed by atoms with Gasteiger partial charge in [-0.15, -0.1) is 0 Å². The molecule has 39 heavy (non-hydrogen) atoms. The monoisotopic (exact) mass is 519 g/mol. The van der Waals surface area contributed by atoms with Crippen molar-refractivity contribution >= 4 is 27.6 Å². The molecule has 5 nitrogen and oxygen atoms in total. The topological polar surface area (TPSA) is 41.2 Å². The molecule has 2 aromatic carbocycles. The number of hydrogen-bond donors (Lipinski definition) is 1. The van der Waals surface area contributed by atoms with Gasteiger partial charge < -0.3 is 14.4 Å². The molecule has 1 N–H and O–H groups in total. The number of likely N-dealkylation sites (tertiary alicyclic amines) is 1. The van der Waals surface area contributed by atoms with Crippen LogP contribution in [0.3, 0.4) is 0 Å². The van der Waals surface area contributed by atoms with E-state index in [4.69, 9.17) is 6.57 Å². The Hall–Kier alpha value is -3.95. The summed E-state index contributed by atoms with van der Waals surface area (Å²) in [4.78, 5) is 13.7. The lowest BCUT2D eigenvalue weighted by atomic mass is 9.89. The SMILES string of the molecule is [C-]#[N+]c1cc2c(C)c(CN3CCC(c4cn(-c5ccc(F)cc5CC(C)C)c5cnccc45)CC3)ccc2[nH]1. The molecule has 4 heterocycles. The molecule has 6 rings (SSSR count). The van der Waals surface area contributed by atoms with Crippen LogP contribution in [0.25, 0.3) is 32.3 Å². The van der Waals surface area contributed by atoms with Crippen molar-refractivity contribution in [2.24, 2.45) is 5.92 Å². The van der Waals surface area contributed by atoms with E-state index < -0.39 is 0 Å². The molecule has 0 amide bonds.